The molecule has 6 heteroatoms. The molecule has 0 aliphatic carbocycles. The van der Waals surface area contributed by atoms with Gasteiger partial charge in [0.25, 0.3) is 0 Å². The molecule has 0 aliphatic rings. The smallest absolute Gasteiger partial charge is 0.340 e. The molecule has 0 aliphatic heterocycles. The van der Waals surface area contributed by atoms with Crippen LogP contribution in [0.25, 0.3) is 16.6 Å². The highest BCUT2D eigenvalue weighted by molar-refractivity contribution is 6.30. The van der Waals surface area contributed by atoms with E-state index in [-0.39, 0.29) is 19.0 Å². The molecule has 5 nitrogen and oxygen atoms in total. The van der Waals surface area contributed by atoms with Crippen molar-refractivity contribution >= 4 is 34.3 Å². The van der Waals surface area contributed by atoms with Gasteiger partial charge in [-0.25, -0.2) is 4.79 Å². The molecule has 0 saturated carbocycles. The maximum Gasteiger partial charge on any atom is 0.340 e. The summed E-state index contributed by atoms with van der Waals surface area (Å²) in [6, 6.07) is 21.8. The summed E-state index contributed by atoms with van der Waals surface area (Å²) in [6.45, 7) is 3.82. The molecule has 0 bridgehead atoms. The normalized spacial score (nSPS) is 10.8. The van der Waals surface area contributed by atoms with Crippen LogP contribution in [0.3, 0.4) is 0 Å². The number of hydrogen-bond acceptors (Lipinski definition) is 4. The lowest BCUT2D eigenvalue weighted by atomic mass is 10.1. The predicted octanol–water partition coefficient (Wildman–Crippen LogP) is 6.03. The van der Waals surface area contributed by atoms with E-state index in [1.165, 1.54) is 0 Å². The van der Waals surface area contributed by atoms with Gasteiger partial charge in [-0.1, -0.05) is 41.9 Å². The Labute approximate surface area is 191 Å². The van der Waals surface area contributed by atoms with E-state index in [0.29, 0.717) is 27.3 Å². The second-order valence-electron chi connectivity index (χ2n) is 7.25. The molecular weight excluding hydrogens is 426 g/mol. The zero-order valence-electron chi connectivity index (χ0n) is 17.8. The Morgan fingerprint density at radius 2 is 1.69 bits per heavy atom. The highest BCUT2D eigenvalue weighted by atomic mass is 35.5. The van der Waals surface area contributed by atoms with Gasteiger partial charge < -0.3 is 14.0 Å². The minimum absolute atomic E-state index is 0.0961. The molecular formula is C26H22ClNO4. The van der Waals surface area contributed by atoms with Gasteiger partial charge in [-0.15, -0.1) is 0 Å². The lowest BCUT2D eigenvalue weighted by molar-refractivity contribution is 0.0527. The molecule has 0 spiro atoms. The number of Topliss-reactive ketones (excluding diaryl/α,β-unsaturated/α-hetero) is 1. The minimum atomic E-state index is -0.403. The van der Waals surface area contributed by atoms with Crippen LogP contribution in [0.2, 0.25) is 5.02 Å². The largest absolute Gasteiger partial charge is 0.485 e. The number of aromatic nitrogens is 1. The van der Waals surface area contributed by atoms with Gasteiger partial charge in [-0.3, -0.25) is 4.79 Å². The van der Waals surface area contributed by atoms with Crippen LogP contribution in [0, 0.1) is 6.92 Å². The van der Waals surface area contributed by atoms with Crippen LogP contribution >= 0.6 is 11.6 Å². The van der Waals surface area contributed by atoms with E-state index in [1.807, 2.05) is 47.9 Å². The van der Waals surface area contributed by atoms with Crippen molar-refractivity contribution in [3.63, 3.8) is 0 Å². The highest BCUT2D eigenvalue weighted by Crippen LogP contribution is 2.33. The summed E-state index contributed by atoms with van der Waals surface area (Å²) in [4.78, 5) is 25.2. The van der Waals surface area contributed by atoms with Gasteiger partial charge in [0.15, 0.2) is 12.4 Å². The molecule has 162 valence electrons. The summed E-state index contributed by atoms with van der Waals surface area (Å²) in [5, 5.41) is 1.33. The van der Waals surface area contributed by atoms with E-state index < -0.39 is 5.97 Å². The van der Waals surface area contributed by atoms with Crippen LogP contribution in [0.15, 0.2) is 72.8 Å². The SMILES string of the molecule is CCOC(=O)c1c(C)n(-c2ccc(Cl)cc2)c2ccc(OCC(=O)c3ccccc3)cc12. The molecule has 3 aromatic carbocycles. The highest BCUT2D eigenvalue weighted by Gasteiger charge is 2.22. The average Bonchev–Trinajstić information content (AvgIpc) is 3.10. The summed E-state index contributed by atoms with van der Waals surface area (Å²) < 4.78 is 13.1. The molecule has 0 saturated heterocycles. The van der Waals surface area contributed by atoms with Crippen LogP contribution in [0.4, 0.5) is 0 Å². The third kappa shape index (κ3) is 4.25. The number of ether oxygens (including phenoxy) is 2. The quantitative estimate of drug-likeness (QED) is 0.256. The standard InChI is InChI=1S/C26H22ClNO4/c1-3-31-26(30)25-17(2)28(20-11-9-19(27)10-12-20)23-14-13-21(15-22(23)25)32-16-24(29)18-7-5-4-6-8-18/h4-15H,3,16H2,1-2H3. The number of benzene rings is 3. The van der Waals surface area contributed by atoms with Crippen LogP contribution in [0.5, 0.6) is 5.75 Å². The molecule has 4 aromatic rings. The van der Waals surface area contributed by atoms with E-state index in [4.69, 9.17) is 21.1 Å². The Hall–Kier alpha value is -3.57. The zero-order valence-corrected chi connectivity index (χ0v) is 18.6. The first-order chi connectivity index (χ1) is 15.5. The second-order valence-corrected chi connectivity index (χ2v) is 7.69. The molecule has 32 heavy (non-hydrogen) atoms. The maximum atomic E-state index is 12.8. The molecule has 4 rings (SSSR count). The van der Waals surface area contributed by atoms with Gasteiger partial charge in [-0.05, 0) is 56.3 Å². The fraction of sp³-hybridized carbons (Fsp3) is 0.154. The van der Waals surface area contributed by atoms with E-state index in [1.54, 1.807) is 43.3 Å². The van der Waals surface area contributed by atoms with Crippen LogP contribution in [-0.4, -0.2) is 29.5 Å². The van der Waals surface area contributed by atoms with Crippen molar-refractivity contribution in [3.05, 3.63) is 94.6 Å². The molecule has 1 heterocycles. The van der Waals surface area contributed by atoms with Gasteiger partial charge in [0.05, 0.1) is 17.7 Å². The Kier molecular flexibility index (Phi) is 6.28. The van der Waals surface area contributed by atoms with Crippen LogP contribution < -0.4 is 4.74 Å². The van der Waals surface area contributed by atoms with Gasteiger partial charge in [-0.2, -0.15) is 0 Å². The molecule has 0 atom stereocenters. The van der Waals surface area contributed by atoms with Crippen molar-refractivity contribution in [2.45, 2.75) is 13.8 Å². The Bertz CT molecular complexity index is 1280. The molecule has 0 unspecified atom stereocenters. The number of hydrogen-bond donors (Lipinski definition) is 0. The Morgan fingerprint density at radius 1 is 0.969 bits per heavy atom. The first-order valence-electron chi connectivity index (χ1n) is 10.3. The van der Waals surface area contributed by atoms with E-state index in [2.05, 4.69) is 0 Å². The van der Waals surface area contributed by atoms with Gasteiger partial charge in [0.2, 0.25) is 0 Å². The number of rotatable bonds is 7. The number of esters is 1. The molecule has 0 amide bonds. The summed E-state index contributed by atoms with van der Waals surface area (Å²) in [7, 11) is 0. The maximum absolute atomic E-state index is 12.8. The summed E-state index contributed by atoms with van der Waals surface area (Å²) in [5.74, 6) is -0.0213. The fourth-order valence-corrected chi connectivity index (χ4v) is 3.85. The van der Waals surface area contributed by atoms with E-state index >= 15 is 0 Å². The monoisotopic (exact) mass is 447 g/mol. The zero-order chi connectivity index (χ0) is 22.7. The number of fused-ring (bicyclic) bond motifs is 1. The van der Waals surface area contributed by atoms with Gasteiger partial charge in [0, 0.05) is 27.4 Å². The number of ketones is 1. The molecule has 1 aromatic heterocycles. The third-order valence-corrected chi connectivity index (χ3v) is 5.46. The van der Waals surface area contributed by atoms with E-state index in [0.717, 1.165) is 16.9 Å². The van der Waals surface area contributed by atoms with Crippen molar-refractivity contribution in [1.82, 2.24) is 4.57 Å². The molecule has 0 radical (unpaired) electrons. The predicted molar refractivity (Wildman–Crippen MR) is 125 cm³/mol. The van der Waals surface area contributed by atoms with Gasteiger partial charge >= 0.3 is 5.97 Å². The second kappa shape index (κ2) is 9.28. The number of halogens is 1. The van der Waals surface area contributed by atoms with Gasteiger partial charge in [0.1, 0.15) is 5.75 Å². The number of nitrogens with zero attached hydrogens (tertiary/aromatic N) is 1. The summed E-state index contributed by atoms with van der Waals surface area (Å²) in [5.41, 5.74) is 3.51. The van der Waals surface area contributed by atoms with Crippen LogP contribution in [0.1, 0.15) is 33.3 Å². The summed E-state index contributed by atoms with van der Waals surface area (Å²) in [6.07, 6.45) is 0. The molecule has 0 fully saturated rings. The van der Waals surface area contributed by atoms with Crippen molar-refractivity contribution in [2.24, 2.45) is 0 Å². The number of carbonyl (C=O) groups excluding carboxylic acids is 2. The van der Waals surface area contributed by atoms with Crippen LogP contribution in [-0.2, 0) is 4.74 Å². The first kappa shape index (κ1) is 21.7. The fourth-order valence-electron chi connectivity index (χ4n) is 3.73. The Morgan fingerprint density at radius 3 is 2.38 bits per heavy atom. The minimum Gasteiger partial charge on any atom is -0.485 e. The van der Waals surface area contributed by atoms with Crippen molar-refractivity contribution in [1.29, 1.82) is 0 Å². The van der Waals surface area contributed by atoms with Crippen molar-refractivity contribution in [2.75, 3.05) is 13.2 Å². The lowest BCUT2D eigenvalue weighted by Crippen LogP contribution is -2.11. The lowest BCUT2D eigenvalue weighted by Gasteiger charge is -2.09. The Balaban J connectivity index is 1.74. The van der Waals surface area contributed by atoms with Crippen molar-refractivity contribution < 1.29 is 19.1 Å². The summed E-state index contributed by atoms with van der Waals surface area (Å²) >= 11 is 6.05. The first-order valence-corrected chi connectivity index (χ1v) is 10.7. The van der Waals surface area contributed by atoms with E-state index in [9.17, 15) is 9.59 Å². The van der Waals surface area contributed by atoms with Crippen molar-refractivity contribution in [3.8, 4) is 11.4 Å². The topological polar surface area (TPSA) is 57.5 Å². The average molecular weight is 448 g/mol. The third-order valence-electron chi connectivity index (χ3n) is 5.21. The molecule has 0 N–H and O–H groups in total. The number of carbonyl (C=O) groups is 2.